The molecule has 1 atom stereocenters. The molecule has 0 amide bonds. The van der Waals surface area contributed by atoms with Crippen LogP contribution in [0.4, 0.5) is 0 Å². The Morgan fingerprint density at radius 2 is 1.91 bits per heavy atom. The van der Waals surface area contributed by atoms with Crippen molar-refractivity contribution >= 4 is 17.0 Å². The van der Waals surface area contributed by atoms with Gasteiger partial charge >= 0.3 is 5.97 Å². The lowest BCUT2D eigenvalue weighted by Crippen LogP contribution is -2.34. The number of benzene rings is 1. The van der Waals surface area contributed by atoms with Crippen molar-refractivity contribution in [3.63, 3.8) is 0 Å². The minimum Gasteiger partial charge on any atom is -0.479 e. The van der Waals surface area contributed by atoms with E-state index in [4.69, 9.17) is 4.74 Å². The number of pyridine rings is 1. The Kier molecular flexibility index (Phi) is 6.18. The summed E-state index contributed by atoms with van der Waals surface area (Å²) in [6, 6.07) is 5.89. The fraction of sp³-hybridized carbons (Fsp3) is 0.500. The Balaban J connectivity index is 2.00. The van der Waals surface area contributed by atoms with Gasteiger partial charge in [0.1, 0.15) is 0 Å². The number of hydrogen-bond donors (Lipinski definition) is 2. The number of rotatable bonds is 5. The van der Waals surface area contributed by atoms with Crippen LogP contribution in [0.25, 0.3) is 22.2 Å². The van der Waals surface area contributed by atoms with Crippen molar-refractivity contribution in [2.45, 2.75) is 84.5 Å². The molecule has 7 heteroatoms. The van der Waals surface area contributed by atoms with Crippen molar-refractivity contribution in [2.75, 3.05) is 0 Å². The van der Waals surface area contributed by atoms with E-state index < -0.39 is 17.7 Å². The number of ether oxygens (including phenoxy) is 1. The van der Waals surface area contributed by atoms with E-state index in [0.717, 1.165) is 48.0 Å². The van der Waals surface area contributed by atoms with Crippen molar-refractivity contribution in [1.82, 2.24) is 14.5 Å². The first kappa shape index (κ1) is 23.2. The predicted octanol–water partition coefficient (Wildman–Crippen LogP) is 5.45. The quantitative estimate of drug-likeness (QED) is 0.537. The van der Waals surface area contributed by atoms with Crippen LogP contribution < -0.4 is 5.43 Å². The highest BCUT2D eigenvalue weighted by Crippen LogP contribution is 2.37. The zero-order valence-electron chi connectivity index (χ0n) is 20.1. The van der Waals surface area contributed by atoms with E-state index in [1.807, 2.05) is 45.9 Å². The topological polar surface area (TPSA) is 97.2 Å². The lowest BCUT2D eigenvalue weighted by atomic mass is 9.91. The smallest absolute Gasteiger partial charge is 0.339 e. The average Bonchev–Trinajstić information content (AvgIpc) is 3.22. The molecule has 2 aromatic heterocycles. The minimum atomic E-state index is -1.22. The second kappa shape index (κ2) is 8.78. The van der Waals surface area contributed by atoms with Crippen LogP contribution >= 0.6 is 0 Å². The van der Waals surface area contributed by atoms with Gasteiger partial charge in [0.2, 0.25) is 0 Å². The van der Waals surface area contributed by atoms with Crippen LogP contribution in [0.3, 0.4) is 0 Å². The lowest BCUT2D eigenvalue weighted by Gasteiger charge is -2.35. The molecule has 1 fully saturated rings. The van der Waals surface area contributed by atoms with Gasteiger partial charge in [0.05, 0.1) is 28.7 Å². The average molecular weight is 452 g/mol. The van der Waals surface area contributed by atoms with E-state index in [0.29, 0.717) is 16.8 Å². The molecule has 1 aliphatic rings. The summed E-state index contributed by atoms with van der Waals surface area (Å²) in [5.41, 5.74) is 3.96. The van der Waals surface area contributed by atoms with Gasteiger partial charge < -0.3 is 19.4 Å². The third-order valence-corrected chi connectivity index (χ3v) is 6.53. The summed E-state index contributed by atoms with van der Waals surface area (Å²) in [5, 5.41) is 10.1. The first-order valence-corrected chi connectivity index (χ1v) is 11.7. The summed E-state index contributed by atoms with van der Waals surface area (Å²) < 4.78 is 8.13. The van der Waals surface area contributed by atoms with Crippen LogP contribution in [0, 0.1) is 13.8 Å². The molecule has 0 saturated heterocycles. The van der Waals surface area contributed by atoms with Crippen LogP contribution in [0.1, 0.15) is 82.0 Å². The van der Waals surface area contributed by atoms with Crippen LogP contribution in [0.15, 0.2) is 29.3 Å². The minimum absolute atomic E-state index is 0.133. The molecule has 0 aliphatic heterocycles. The fourth-order valence-corrected chi connectivity index (χ4v) is 5.09. The Morgan fingerprint density at radius 1 is 1.21 bits per heavy atom. The SMILES string of the molecule is Cc1c(C(OC(C)(C)C)C(=O)O)n(C2CCCCC2)c(C)c(-c2ccc3nc[nH]c3c2)c1=O. The number of imidazole rings is 1. The number of nitrogens with one attached hydrogen (secondary N) is 1. The van der Waals surface area contributed by atoms with Gasteiger partial charge in [-0.3, -0.25) is 4.79 Å². The summed E-state index contributed by atoms with van der Waals surface area (Å²) in [6.07, 6.45) is 5.67. The van der Waals surface area contributed by atoms with Gasteiger partial charge in [-0.25, -0.2) is 9.78 Å². The van der Waals surface area contributed by atoms with Crippen molar-refractivity contribution in [2.24, 2.45) is 0 Å². The third kappa shape index (κ3) is 4.47. The summed E-state index contributed by atoms with van der Waals surface area (Å²) in [6.45, 7) is 9.17. The molecule has 7 nitrogen and oxygen atoms in total. The van der Waals surface area contributed by atoms with Crippen LogP contribution in [0.5, 0.6) is 0 Å². The summed E-state index contributed by atoms with van der Waals surface area (Å²) in [5.74, 6) is -1.08. The highest BCUT2D eigenvalue weighted by Gasteiger charge is 2.35. The molecule has 1 unspecified atom stereocenters. The Bertz CT molecular complexity index is 1240. The van der Waals surface area contributed by atoms with Crippen molar-refractivity contribution in [1.29, 1.82) is 0 Å². The molecule has 1 aliphatic carbocycles. The van der Waals surface area contributed by atoms with Gasteiger partial charge in [0, 0.05) is 22.9 Å². The normalized spacial score (nSPS) is 16.3. The van der Waals surface area contributed by atoms with Crippen molar-refractivity contribution in [3.05, 3.63) is 51.7 Å². The Hall–Kier alpha value is -2.93. The first-order chi connectivity index (χ1) is 15.6. The van der Waals surface area contributed by atoms with Gasteiger partial charge in [-0.1, -0.05) is 25.3 Å². The molecular weight excluding hydrogens is 418 g/mol. The van der Waals surface area contributed by atoms with Crippen LogP contribution in [0.2, 0.25) is 0 Å². The number of aliphatic carboxylic acids is 1. The fourth-order valence-electron chi connectivity index (χ4n) is 5.09. The van der Waals surface area contributed by atoms with Gasteiger partial charge in [-0.2, -0.15) is 0 Å². The summed E-state index contributed by atoms with van der Waals surface area (Å²) in [4.78, 5) is 33.5. The third-order valence-electron chi connectivity index (χ3n) is 6.53. The second-order valence-electron chi connectivity index (χ2n) is 10.0. The van der Waals surface area contributed by atoms with Crippen LogP contribution in [-0.4, -0.2) is 31.2 Å². The Labute approximate surface area is 193 Å². The van der Waals surface area contributed by atoms with E-state index in [-0.39, 0.29) is 11.5 Å². The number of aromatic nitrogens is 3. The Morgan fingerprint density at radius 3 is 2.55 bits per heavy atom. The molecule has 2 heterocycles. The van der Waals surface area contributed by atoms with Crippen molar-refractivity contribution in [3.8, 4) is 11.1 Å². The number of H-pyrrole nitrogens is 1. The van der Waals surface area contributed by atoms with Gasteiger partial charge in [0.15, 0.2) is 11.5 Å². The second-order valence-corrected chi connectivity index (χ2v) is 10.0. The molecule has 4 rings (SSSR count). The zero-order chi connectivity index (χ0) is 23.9. The van der Waals surface area contributed by atoms with E-state index >= 15 is 0 Å². The molecule has 3 aromatic rings. The van der Waals surface area contributed by atoms with Gasteiger partial charge in [-0.05, 0) is 65.2 Å². The van der Waals surface area contributed by atoms with Gasteiger partial charge in [-0.15, -0.1) is 0 Å². The molecule has 0 bridgehead atoms. The monoisotopic (exact) mass is 451 g/mol. The molecule has 2 N–H and O–H groups in total. The van der Waals surface area contributed by atoms with E-state index in [1.165, 1.54) is 6.42 Å². The number of carbonyl (C=O) groups is 1. The number of aromatic amines is 1. The largest absolute Gasteiger partial charge is 0.479 e. The summed E-state index contributed by atoms with van der Waals surface area (Å²) >= 11 is 0. The maximum Gasteiger partial charge on any atom is 0.339 e. The molecule has 1 aromatic carbocycles. The molecule has 176 valence electrons. The predicted molar refractivity (Wildman–Crippen MR) is 129 cm³/mol. The molecule has 1 saturated carbocycles. The number of carboxylic acids is 1. The number of hydrogen-bond acceptors (Lipinski definition) is 4. The molecule has 0 radical (unpaired) electrons. The lowest BCUT2D eigenvalue weighted by molar-refractivity contribution is -0.161. The first-order valence-electron chi connectivity index (χ1n) is 11.7. The highest BCUT2D eigenvalue weighted by molar-refractivity contribution is 5.82. The number of nitrogens with zero attached hydrogens (tertiary/aromatic N) is 2. The van der Waals surface area contributed by atoms with E-state index in [9.17, 15) is 14.7 Å². The van der Waals surface area contributed by atoms with Crippen molar-refractivity contribution < 1.29 is 14.6 Å². The van der Waals surface area contributed by atoms with Crippen LogP contribution in [-0.2, 0) is 9.53 Å². The van der Waals surface area contributed by atoms with E-state index in [2.05, 4.69) is 14.5 Å². The maximum atomic E-state index is 13.7. The summed E-state index contributed by atoms with van der Waals surface area (Å²) in [7, 11) is 0. The standard InChI is InChI=1S/C26H33N3O4/c1-15-22(24(25(31)32)33-26(3,4)5)29(18-9-7-6-8-10-18)16(2)21(23(15)30)17-11-12-19-20(13-17)28-14-27-19/h11-14,18,24H,6-10H2,1-5H3,(H,27,28)(H,31,32). The zero-order valence-corrected chi connectivity index (χ0v) is 20.1. The maximum absolute atomic E-state index is 13.7. The molecular formula is C26H33N3O4. The number of fused-ring (bicyclic) bond motifs is 1. The molecule has 0 spiro atoms. The highest BCUT2D eigenvalue weighted by atomic mass is 16.5. The van der Waals surface area contributed by atoms with Gasteiger partial charge in [0.25, 0.3) is 0 Å². The molecule has 33 heavy (non-hydrogen) atoms. The number of carboxylic acid groups (broad SMARTS) is 1. The van der Waals surface area contributed by atoms with E-state index in [1.54, 1.807) is 13.3 Å².